The molecule has 1 heterocycles. The van der Waals surface area contributed by atoms with Gasteiger partial charge in [-0.2, -0.15) is 5.10 Å². The molecule has 0 radical (unpaired) electrons. The van der Waals surface area contributed by atoms with Gasteiger partial charge in [0.25, 0.3) is 0 Å². The number of hydrazone groups is 1. The zero-order valence-electron chi connectivity index (χ0n) is 26.0. The van der Waals surface area contributed by atoms with Crippen LogP contribution in [-0.4, -0.2) is 56.5 Å². The monoisotopic (exact) mass is 744 g/mol. The molecule has 2 atom stereocenters. The number of urea groups is 1. The number of amides is 2. The Bertz CT molecular complexity index is 1580. The Morgan fingerprint density at radius 3 is 2.48 bits per heavy atom. The summed E-state index contributed by atoms with van der Waals surface area (Å²) in [5.41, 5.74) is 5.70. The van der Waals surface area contributed by atoms with Crippen molar-refractivity contribution in [3.63, 3.8) is 0 Å². The minimum atomic E-state index is -1.15. The van der Waals surface area contributed by atoms with Crippen LogP contribution in [0.25, 0.3) is 0 Å². The average molecular weight is 745 g/mol. The van der Waals surface area contributed by atoms with Crippen molar-refractivity contribution in [2.75, 3.05) is 26.9 Å². The van der Waals surface area contributed by atoms with Gasteiger partial charge in [0.15, 0.2) is 29.2 Å². The second-order valence-electron chi connectivity index (χ2n) is 9.95. The molecule has 4 N–H and O–H groups in total. The van der Waals surface area contributed by atoms with Crippen molar-refractivity contribution < 1.29 is 38.4 Å². The van der Waals surface area contributed by atoms with E-state index < -0.39 is 24.3 Å². The SMILES string of the molecule is CCOc1cc([C@@H]2NC(=O)NC(C)=C2C(=O)OC)ccc1OC[C@@H](O)N/N=C/c1cc(I)c(OCc2ccccc2)c(OCC)c1. The quantitative estimate of drug-likeness (QED) is 0.0567. The van der Waals surface area contributed by atoms with Gasteiger partial charge in [-0.1, -0.05) is 36.4 Å². The largest absolute Gasteiger partial charge is 0.490 e. The smallest absolute Gasteiger partial charge is 0.337 e. The number of aliphatic hydroxyl groups is 1. The van der Waals surface area contributed by atoms with Crippen molar-refractivity contribution in [1.82, 2.24) is 16.1 Å². The van der Waals surface area contributed by atoms with E-state index in [1.165, 1.54) is 7.11 Å². The van der Waals surface area contributed by atoms with Crippen molar-refractivity contribution >= 4 is 40.8 Å². The van der Waals surface area contributed by atoms with Gasteiger partial charge in [-0.25, -0.2) is 9.59 Å². The van der Waals surface area contributed by atoms with E-state index in [4.69, 9.17) is 23.7 Å². The van der Waals surface area contributed by atoms with E-state index >= 15 is 0 Å². The van der Waals surface area contributed by atoms with Gasteiger partial charge in [-0.15, -0.1) is 0 Å². The summed E-state index contributed by atoms with van der Waals surface area (Å²) >= 11 is 2.20. The lowest BCUT2D eigenvalue weighted by Gasteiger charge is -2.28. The van der Waals surface area contributed by atoms with Gasteiger partial charge < -0.3 is 39.4 Å². The first-order chi connectivity index (χ1) is 22.2. The van der Waals surface area contributed by atoms with Crippen molar-refractivity contribution in [3.8, 4) is 23.0 Å². The minimum absolute atomic E-state index is 0.152. The third-order valence-electron chi connectivity index (χ3n) is 6.67. The number of benzene rings is 3. The molecular formula is C33H37IN4O8. The maximum atomic E-state index is 12.5. The highest BCUT2D eigenvalue weighted by Crippen LogP contribution is 2.36. The fraction of sp³-hybridized carbons (Fsp3) is 0.303. The number of aliphatic hydroxyl groups excluding tert-OH is 1. The minimum Gasteiger partial charge on any atom is -0.490 e. The van der Waals surface area contributed by atoms with E-state index in [2.05, 4.69) is 43.8 Å². The number of nitrogens with one attached hydrogen (secondary N) is 3. The third-order valence-corrected chi connectivity index (χ3v) is 7.47. The van der Waals surface area contributed by atoms with Crippen molar-refractivity contribution in [2.45, 2.75) is 39.6 Å². The van der Waals surface area contributed by atoms with Crippen LogP contribution >= 0.6 is 22.6 Å². The van der Waals surface area contributed by atoms with Crippen LogP contribution in [0, 0.1) is 3.57 Å². The molecule has 1 aliphatic rings. The summed E-state index contributed by atoms with van der Waals surface area (Å²) in [6.45, 7) is 6.41. The van der Waals surface area contributed by atoms with Crippen LogP contribution in [0.3, 0.4) is 0 Å². The number of rotatable bonds is 15. The Morgan fingerprint density at radius 2 is 1.76 bits per heavy atom. The molecule has 1 aliphatic heterocycles. The number of hydrogen-bond donors (Lipinski definition) is 4. The van der Waals surface area contributed by atoms with E-state index in [1.54, 1.807) is 31.3 Å². The van der Waals surface area contributed by atoms with Crippen LogP contribution in [-0.2, 0) is 16.1 Å². The molecule has 13 heteroatoms. The van der Waals surface area contributed by atoms with Crippen molar-refractivity contribution in [1.29, 1.82) is 0 Å². The maximum absolute atomic E-state index is 12.5. The van der Waals surface area contributed by atoms with Gasteiger partial charge in [0, 0.05) is 5.70 Å². The van der Waals surface area contributed by atoms with E-state index in [-0.39, 0.29) is 12.2 Å². The molecule has 3 aromatic rings. The summed E-state index contributed by atoms with van der Waals surface area (Å²) in [5, 5.41) is 20.0. The first kappa shape index (κ1) is 34.4. The number of nitrogens with zero attached hydrogens (tertiary/aromatic N) is 1. The molecule has 0 saturated heterocycles. The Morgan fingerprint density at radius 1 is 1.02 bits per heavy atom. The van der Waals surface area contributed by atoms with Crippen LogP contribution in [0.5, 0.6) is 23.0 Å². The molecular weight excluding hydrogens is 707 g/mol. The van der Waals surface area contributed by atoms with Gasteiger partial charge in [-0.05, 0) is 84.3 Å². The number of esters is 1. The molecule has 0 spiro atoms. The van der Waals surface area contributed by atoms with Gasteiger partial charge in [0.05, 0.1) is 41.7 Å². The number of carbonyl (C=O) groups is 2. The fourth-order valence-electron chi connectivity index (χ4n) is 4.62. The lowest BCUT2D eigenvalue weighted by molar-refractivity contribution is -0.136. The molecule has 0 bridgehead atoms. The Kier molecular flexibility index (Phi) is 12.5. The molecule has 12 nitrogen and oxygen atoms in total. The molecule has 244 valence electrons. The first-order valence-electron chi connectivity index (χ1n) is 14.6. The molecule has 3 aromatic carbocycles. The summed E-state index contributed by atoms with van der Waals surface area (Å²) in [6.07, 6.45) is 0.418. The first-order valence-corrected chi connectivity index (χ1v) is 15.7. The molecule has 0 fully saturated rings. The number of halogens is 1. The average Bonchev–Trinajstić information content (AvgIpc) is 3.04. The number of allylic oxidation sites excluding steroid dienone is 1. The Labute approximate surface area is 281 Å². The predicted molar refractivity (Wildman–Crippen MR) is 180 cm³/mol. The summed E-state index contributed by atoms with van der Waals surface area (Å²) in [5.74, 6) is 1.40. The molecule has 4 rings (SSSR count). The van der Waals surface area contributed by atoms with Gasteiger partial charge >= 0.3 is 12.0 Å². The lowest BCUT2D eigenvalue weighted by atomic mass is 9.95. The standard InChI is InChI=1S/C33H37IN4O8/c1-5-43-26-16-23(30-29(32(40)42-4)20(3)36-33(41)37-30)12-13-25(26)45-19-28(39)38-35-17-22-14-24(34)31(27(15-22)44-6-2)46-18-21-10-8-7-9-11-21/h7-17,28,30,38-39H,5-6,18-19H2,1-4H3,(H2,36,37,41)/b35-17+/t28-,30+/m1/s1. The highest BCUT2D eigenvalue weighted by molar-refractivity contribution is 14.1. The summed E-state index contributed by atoms with van der Waals surface area (Å²) in [7, 11) is 1.28. The zero-order chi connectivity index (χ0) is 33.1. The highest BCUT2D eigenvalue weighted by atomic mass is 127. The molecule has 46 heavy (non-hydrogen) atoms. The highest BCUT2D eigenvalue weighted by Gasteiger charge is 2.32. The van der Waals surface area contributed by atoms with E-state index in [0.29, 0.717) is 54.1 Å². The predicted octanol–water partition coefficient (Wildman–Crippen LogP) is 4.79. The summed E-state index contributed by atoms with van der Waals surface area (Å²) < 4.78 is 29.3. The summed E-state index contributed by atoms with van der Waals surface area (Å²) in [4.78, 5) is 24.6. The van der Waals surface area contributed by atoms with Crippen molar-refractivity contribution in [3.05, 3.63) is 92.2 Å². The maximum Gasteiger partial charge on any atom is 0.337 e. The van der Waals surface area contributed by atoms with Crippen LogP contribution in [0.2, 0.25) is 0 Å². The Balaban J connectivity index is 1.40. The Hall–Kier alpha value is -4.50. The number of ether oxygens (including phenoxy) is 5. The number of carbonyl (C=O) groups excluding carboxylic acids is 2. The van der Waals surface area contributed by atoms with Gasteiger partial charge in [-0.3, -0.25) is 5.43 Å². The van der Waals surface area contributed by atoms with E-state index in [1.807, 2.05) is 56.3 Å². The van der Waals surface area contributed by atoms with E-state index in [0.717, 1.165) is 14.7 Å². The van der Waals surface area contributed by atoms with Crippen molar-refractivity contribution in [2.24, 2.45) is 5.10 Å². The fourth-order valence-corrected chi connectivity index (χ4v) is 5.40. The molecule has 0 aliphatic carbocycles. The number of hydrogen-bond acceptors (Lipinski definition) is 10. The van der Waals surface area contributed by atoms with Gasteiger partial charge in [0.1, 0.15) is 13.2 Å². The topological polar surface area (TPSA) is 149 Å². The third kappa shape index (κ3) is 9.03. The zero-order valence-corrected chi connectivity index (χ0v) is 28.1. The molecule has 0 unspecified atom stereocenters. The normalized spacial score (nSPS) is 15.1. The van der Waals surface area contributed by atoms with E-state index in [9.17, 15) is 14.7 Å². The molecule has 0 aromatic heterocycles. The lowest BCUT2D eigenvalue weighted by Crippen LogP contribution is -2.45. The van der Waals surface area contributed by atoms with Crippen LogP contribution in [0.4, 0.5) is 4.79 Å². The second kappa shape index (κ2) is 16.7. The second-order valence-corrected chi connectivity index (χ2v) is 11.1. The van der Waals surface area contributed by atoms with Gasteiger partial charge in [0.2, 0.25) is 0 Å². The molecule has 0 saturated carbocycles. The van der Waals surface area contributed by atoms with Crippen LogP contribution < -0.4 is 35.0 Å². The molecule has 2 amide bonds. The number of methoxy groups -OCH3 is 1. The summed E-state index contributed by atoms with van der Waals surface area (Å²) in [6, 6.07) is 17.4. The van der Waals surface area contributed by atoms with Crippen LogP contribution in [0.15, 0.2) is 77.0 Å². The van der Waals surface area contributed by atoms with Crippen LogP contribution in [0.1, 0.15) is 43.5 Å².